The molecule has 0 aromatic heterocycles. The zero-order chi connectivity index (χ0) is 14.7. The number of rotatable bonds is 4. The van der Waals surface area contributed by atoms with Gasteiger partial charge in [0.15, 0.2) is 0 Å². The Hall–Kier alpha value is -0.930. The first-order valence-electron chi connectivity index (χ1n) is 6.08. The van der Waals surface area contributed by atoms with Crippen molar-refractivity contribution in [1.29, 1.82) is 0 Å². The molecule has 0 fully saturated rings. The van der Waals surface area contributed by atoms with Gasteiger partial charge in [0.1, 0.15) is 11.9 Å². The van der Waals surface area contributed by atoms with Gasteiger partial charge < -0.3 is 9.84 Å². The quantitative estimate of drug-likeness (QED) is 0.842. The van der Waals surface area contributed by atoms with E-state index in [1.165, 1.54) is 0 Å². The van der Waals surface area contributed by atoms with Crippen LogP contribution in [0.2, 0.25) is 15.1 Å². The van der Waals surface area contributed by atoms with Crippen molar-refractivity contribution in [3.05, 3.63) is 62.6 Å². The van der Waals surface area contributed by atoms with Crippen molar-refractivity contribution < 1.29 is 9.84 Å². The molecular weight excluding hydrogens is 319 g/mol. The van der Waals surface area contributed by atoms with Crippen LogP contribution in [0.5, 0.6) is 5.75 Å². The highest BCUT2D eigenvalue weighted by Crippen LogP contribution is 2.36. The van der Waals surface area contributed by atoms with Crippen molar-refractivity contribution in [1.82, 2.24) is 0 Å². The fourth-order valence-electron chi connectivity index (χ4n) is 1.84. The highest BCUT2D eigenvalue weighted by molar-refractivity contribution is 6.34. The van der Waals surface area contributed by atoms with Crippen molar-refractivity contribution in [2.45, 2.75) is 13.0 Å². The number of hydrogen-bond acceptors (Lipinski definition) is 2. The molecule has 0 spiro atoms. The van der Waals surface area contributed by atoms with E-state index < -0.39 is 6.10 Å². The van der Waals surface area contributed by atoms with Gasteiger partial charge in [-0.2, -0.15) is 0 Å². The SMILES string of the molecule is CCOc1cc(Cl)c(C(O)c2ccc(Cl)cc2)cc1Cl. The predicted molar refractivity (Wildman–Crippen MR) is 83.1 cm³/mol. The van der Waals surface area contributed by atoms with Crippen LogP contribution in [0.15, 0.2) is 36.4 Å². The van der Waals surface area contributed by atoms with E-state index in [9.17, 15) is 5.11 Å². The number of aliphatic hydroxyl groups is 1. The molecule has 0 saturated heterocycles. The second-order valence-electron chi connectivity index (χ2n) is 4.19. The maximum absolute atomic E-state index is 10.4. The van der Waals surface area contributed by atoms with E-state index in [1.54, 1.807) is 36.4 Å². The molecule has 0 aliphatic rings. The van der Waals surface area contributed by atoms with Gasteiger partial charge in [0.2, 0.25) is 0 Å². The standard InChI is InChI=1S/C15H13Cl3O2/c1-2-20-14-8-12(17)11(7-13(14)18)15(19)9-3-5-10(16)6-4-9/h3-8,15,19H,2H2,1H3. The Bertz CT molecular complexity index is 597. The maximum atomic E-state index is 10.4. The van der Waals surface area contributed by atoms with E-state index in [1.807, 2.05) is 6.92 Å². The molecule has 5 heteroatoms. The Morgan fingerprint density at radius 3 is 2.30 bits per heavy atom. The normalized spacial score (nSPS) is 12.2. The van der Waals surface area contributed by atoms with E-state index in [0.29, 0.717) is 38.6 Å². The molecule has 0 aliphatic carbocycles. The molecule has 0 saturated carbocycles. The van der Waals surface area contributed by atoms with Gasteiger partial charge in [-0.15, -0.1) is 0 Å². The number of hydrogen-bond donors (Lipinski definition) is 1. The molecule has 20 heavy (non-hydrogen) atoms. The Morgan fingerprint density at radius 1 is 1.05 bits per heavy atom. The molecule has 0 amide bonds. The van der Waals surface area contributed by atoms with Crippen LogP contribution in [0.1, 0.15) is 24.2 Å². The fraction of sp³-hybridized carbons (Fsp3) is 0.200. The molecule has 1 atom stereocenters. The third-order valence-electron chi connectivity index (χ3n) is 2.83. The molecule has 1 N–H and O–H groups in total. The highest BCUT2D eigenvalue weighted by atomic mass is 35.5. The molecule has 0 heterocycles. The summed E-state index contributed by atoms with van der Waals surface area (Å²) in [5.41, 5.74) is 1.22. The van der Waals surface area contributed by atoms with Crippen molar-refractivity contribution in [2.75, 3.05) is 6.61 Å². The molecule has 0 radical (unpaired) electrons. The van der Waals surface area contributed by atoms with Crippen molar-refractivity contribution in [3.63, 3.8) is 0 Å². The minimum atomic E-state index is -0.868. The molecule has 2 rings (SSSR count). The third kappa shape index (κ3) is 3.39. The van der Waals surface area contributed by atoms with Gasteiger partial charge in [-0.25, -0.2) is 0 Å². The van der Waals surface area contributed by atoms with Gasteiger partial charge in [-0.3, -0.25) is 0 Å². The Labute approximate surface area is 132 Å². The van der Waals surface area contributed by atoms with Crippen LogP contribution in [0, 0.1) is 0 Å². The first-order chi connectivity index (χ1) is 9.52. The number of ether oxygens (including phenoxy) is 1. The largest absolute Gasteiger partial charge is 0.492 e. The first-order valence-corrected chi connectivity index (χ1v) is 7.21. The number of halogens is 3. The lowest BCUT2D eigenvalue weighted by atomic mass is 10.0. The van der Waals surface area contributed by atoms with Crippen LogP contribution in [-0.4, -0.2) is 11.7 Å². The Balaban J connectivity index is 2.37. The van der Waals surface area contributed by atoms with Gasteiger partial charge in [0.25, 0.3) is 0 Å². The molecule has 106 valence electrons. The maximum Gasteiger partial charge on any atom is 0.139 e. The fourth-order valence-corrected chi connectivity index (χ4v) is 2.45. The summed E-state index contributed by atoms with van der Waals surface area (Å²) >= 11 is 18.1. The second-order valence-corrected chi connectivity index (χ2v) is 5.44. The average molecular weight is 332 g/mol. The molecule has 0 aliphatic heterocycles. The van der Waals surface area contributed by atoms with Gasteiger partial charge in [-0.05, 0) is 30.7 Å². The van der Waals surface area contributed by atoms with E-state index in [0.717, 1.165) is 0 Å². The first kappa shape index (κ1) is 15.5. The van der Waals surface area contributed by atoms with Crippen LogP contribution in [0.25, 0.3) is 0 Å². The summed E-state index contributed by atoms with van der Waals surface area (Å²) in [6.45, 7) is 2.36. The van der Waals surface area contributed by atoms with Crippen LogP contribution in [0.4, 0.5) is 0 Å². The smallest absolute Gasteiger partial charge is 0.139 e. The lowest BCUT2D eigenvalue weighted by Gasteiger charge is -2.15. The molecular formula is C15H13Cl3O2. The summed E-state index contributed by atoms with van der Waals surface area (Å²) in [7, 11) is 0. The summed E-state index contributed by atoms with van der Waals surface area (Å²) in [5, 5.41) is 11.8. The topological polar surface area (TPSA) is 29.5 Å². The molecule has 2 aromatic carbocycles. The summed E-state index contributed by atoms with van der Waals surface area (Å²) < 4.78 is 5.36. The van der Waals surface area contributed by atoms with Crippen LogP contribution in [-0.2, 0) is 0 Å². The zero-order valence-corrected chi connectivity index (χ0v) is 13.0. The van der Waals surface area contributed by atoms with Crippen molar-refractivity contribution >= 4 is 34.8 Å². The summed E-state index contributed by atoms with van der Waals surface area (Å²) in [4.78, 5) is 0. The van der Waals surface area contributed by atoms with E-state index in [-0.39, 0.29) is 0 Å². The molecule has 2 nitrogen and oxygen atoms in total. The van der Waals surface area contributed by atoms with Crippen LogP contribution in [0.3, 0.4) is 0 Å². The number of aliphatic hydroxyl groups excluding tert-OH is 1. The monoisotopic (exact) mass is 330 g/mol. The average Bonchev–Trinajstić information content (AvgIpc) is 2.43. The number of benzene rings is 2. The van der Waals surface area contributed by atoms with Gasteiger partial charge >= 0.3 is 0 Å². The van der Waals surface area contributed by atoms with Gasteiger partial charge in [0, 0.05) is 16.7 Å². The van der Waals surface area contributed by atoms with Crippen molar-refractivity contribution in [3.8, 4) is 5.75 Å². The zero-order valence-electron chi connectivity index (χ0n) is 10.7. The summed E-state index contributed by atoms with van der Waals surface area (Å²) in [6.07, 6.45) is -0.868. The van der Waals surface area contributed by atoms with Crippen LogP contribution >= 0.6 is 34.8 Å². The molecule has 2 aromatic rings. The summed E-state index contributed by atoms with van der Waals surface area (Å²) in [6, 6.07) is 10.1. The minimum Gasteiger partial charge on any atom is -0.492 e. The van der Waals surface area contributed by atoms with E-state index in [2.05, 4.69) is 0 Å². The van der Waals surface area contributed by atoms with Crippen LogP contribution < -0.4 is 4.74 Å². The van der Waals surface area contributed by atoms with Gasteiger partial charge in [0.05, 0.1) is 16.7 Å². The lowest BCUT2D eigenvalue weighted by molar-refractivity contribution is 0.220. The van der Waals surface area contributed by atoms with Gasteiger partial charge in [-0.1, -0.05) is 46.9 Å². The Kier molecular flexibility index (Phi) is 5.17. The van der Waals surface area contributed by atoms with Crippen molar-refractivity contribution in [2.24, 2.45) is 0 Å². The minimum absolute atomic E-state index is 0.403. The Morgan fingerprint density at radius 2 is 1.70 bits per heavy atom. The lowest BCUT2D eigenvalue weighted by Crippen LogP contribution is -2.02. The summed E-state index contributed by atoms with van der Waals surface area (Å²) in [5.74, 6) is 0.506. The molecule has 1 unspecified atom stereocenters. The molecule has 0 bridgehead atoms. The highest BCUT2D eigenvalue weighted by Gasteiger charge is 2.17. The van der Waals surface area contributed by atoms with E-state index >= 15 is 0 Å². The second kappa shape index (κ2) is 6.68. The third-order valence-corrected chi connectivity index (χ3v) is 3.71. The predicted octanol–water partition coefficient (Wildman–Crippen LogP) is 5.13. The van der Waals surface area contributed by atoms with E-state index in [4.69, 9.17) is 39.5 Å².